The van der Waals surface area contributed by atoms with Gasteiger partial charge >= 0.3 is 0 Å². The fourth-order valence-corrected chi connectivity index (χ4v) is 1.38. The van der Waals surface area contributed by atoms with E-state index >= 15 is 0 Å². The average Bonchev–Trinajstić information content (AvgIpc) is 2.25. The molecule has 2 N–H and O–H groups in total. The summed E-state index contributed by atoms with van der Waals surface area (Å²) >= 11 is 0. The zero-order valence-electron chi connectivity index (χ0n) is 11.3. The fraction of sp³-hybridized carbons (Fsp3) is 0.667. The first-order valence-electron chi connectivity index (χ1n) is 5.94. The molecule has 6 heteroatoms. The lowest BCUT2D eigenvalue weighted by molar-refractivity contribution is 0.0726. The van der Waals surface area contributed by atoms with Gasteiger partial charge in [-0.2, -0.15) is 4.98 Å². The summed E-state index contributed by atoms with van der Waals surface area (Å²) in [5.41, 5.74) is 0.810. The number of ether oxygens (including phenoxy) is 2. The van der Waals surface area contributed by atoms with E-state index in [1.807, 2.05) is 20.8 Å². The van der Waals surface area contributed by atoms with Crippen molar-refractivity contribution >= 4 is 5.95 Å². The molecule has 0 amide bonds. The van der Waals surface area contributed by atoms with E-state index < -0.39 is 6.10 Å². The molecule has 0 saturated heterocycles. The number of aliphatic hydroxyl groups is 1. The van der Waals surface area contributed by atoms with Crippen molar-refractivity contribution in [3.63, 3.8) is 0 Å². The first-order chi connectivity index (χ1) is 8.51. The third-order valence-electron chi connectivity index (χ3n) is 2.04. The van der Waals surface area contributed by atoms with Crippen LogP contribution >= 0.6 is 0 Å². The predicted molar refractivity (Wildman–Crippen MR) is 68.9 cm³/mol. The molecule has 1 atom stereocenters. The van der Waals surface area contributed by atoms with Crippen LogP contribution in [0.15, 0.2) is 6.07 Å². The van der Waals surface area contributed by atoms with Crippen molar-refractivity contribution in [3.05, 3.63) is 11.8 Å². The molecule has 1 aromatic rings. The van der Waals surface area contributed by atoms with Gasteiger partial charge in [-0.05, 0) is 20.8 Å². The Bertz CT molecular complexity index is 372. The number of methoxy groups -OCH3 is 1. The Hall–Kier alpha value is -1.40. The molecule has 0 saturated carbocycles. The minimum absolute atomic E-state index is 0.0613. The van der Waals surface area contributed by atoms with Crippen molar-refractivity contribution in [2.24, 2.45) is 0 Å². The van der Waals surface area contributed by atoms with Gasteiger partial charge in [-0.25, -0.2) is 4.98 Å². The average molecular weight is 255 g/mol. The molecule has 0 bridgehead atoms. The zero-order chi connectivity index (χ0) is 13.5. The number of aliphatic hydroxyl groups excluding tert-OH is 1. The quantitative estimate of drug-likeness (QED) is 0.756. The number of hydrogen-bond acceptors (Lipinski definition) is 6. The molecule has 1 heterocycles. The van der Waals surface area contributed by atoms with Crippen LogP contribution in [-0.2, 0) is 4.74 Å². The standard InChI is InChI=1S/C12H21N3O3/c1-8(2)18-11-5-9(3)14-12(15-11)13-6-10(16)7-17-4/h5,8,10,16H,6-7H2,1-4H3,(H,13,14,15). The minimum atomic E-state index is -0.589. The monoisotopic (exact) mass is 255 g/mol. The molecule has 6 nitrogen and oxygen atoms in total. The number of nitrogens with zero attached hydrogens (tertiary/aromatic N) is 2. The predicted octanol–water partition coefficient (Wildman–Crippen LogP) is 0.991. The van der Waals surface area contributed by atoms with E-state index in [-0.39, 0.29) is 12.7 Å². The molecule has 0 aliphatic heterocycles. The molecular formula is C12H21N3O3. The molecular weight excluding hydrogens is 234 g/mol. The van der Waals surface area contributed by atoms with Crippen LogP contribution in [0.2, 0.25) is 0 Å². The molecule has 1 rings (SSSR count). The summed E-state index contributed by atoms with van der Waals surface area (Å²) in [4.78, 5) is 8.43. The highest BCUT2D eigenvalue weighted by Gasteiger charge is 2.07. The summed E-state index contributed by atoms with van der Waals surface area (Å²) < 4.78 is 10.3. The van der Waals surface area contributed by atoms with Crippen LogP contribution in [0.1, 0.15) is 19.5 Å². The molecule has 0 aromatic carbocycles. The van der Waals surface area contributed by atoms with Crippen molar-refractivity contribution in [1.29, 1.82) is 0 Å². The van der Waals surface area contributed by atoms with Crippen molar-refractivity contribution < 1.29 is 14.6 Å². The molecule has 0 aliphatic carbocycles. The number of rotatable bonds is 7. The SMILES string of the molecule is COCC(O)CNc1nc(C)cc(OC(C)C)n1. The summed E-state index contributed by atoms with van der Waals surface area (Å²) in [6, 6.07) is 1.77. The van der Waals surface area contributed by atoms with Gasteiger partial charge in [0.15, 0.2) is 0 Å². The molecule has 18 heavy (non-hydrogen) atoms. The molecule has 0 radical (unpaired) electrons. The number of hydrogen-bond donors (Lipinski definition) is 2. The van der Waals surface area contributed by atoms with Crippen LogP contribution in [0.4, 0.5) is 5.95 Å². The van der Waals surface area contributed by atoms with E-state index in [1.54, 1.807) is 13.2 Å². The highest BCUT2D eigenvalue weighted by atomic mass is 16.5. The largest absolute Gasteiger partial charge is 0.475 e. The van der Waals surface area contributed by atoms with Gasteiger partial charge in [0.1, 0.15) is 0 Å². The Balaban J connectivity index is 2.62. The molecule has 1 aromatic heterocycles. The Morgan fingerprint density at radius 2 is 2.11 bits per heavy atom. The van der Waals surface area contributed by atoms with E-state index in [0.29, 0.717) is 18.4 Å². The highest BCUT2D eigenvalue weighted by molar-refractivity contribution is 5.30. The maximum absolute atomic E-state index is 9.52. The van der Waals surface area contributed by atoms with E-state index in [2.05, 4.69) is 15.3 Å². The van der Waals surface area contributed by atoms with Crippen LogP contribution in [0, 0.1) is 6.92 Å². The molecule has 102 valence electrons. The molecule has 1 unspecified atom stereocenters. The Morgan fingerprint density at radius 1 is 1.39 bits per heavy atom. The molecule has 0 fully saturated rings. The maximum Gasteiger partial charge on any atom is 0.226 e. The van der Waals surface area contributed by atoms with Crippen molar-refractivity contribution in [2.75, 3.05) is 25.6 Å². The van der Waals surface area contributed by atoms with Crippen molar-refractivity contribution in [1.82, 2.24) is 9.97 Å². The Labute approximate surface area is 107 Å². The Kier molecular flexibility index (Phi) is 5.80. The van der Waals surface area contributed by atoms with Gasteiger partial charge in [0.2, 0.25) is 11.8 Å². The van der Waals surface area contributed by atoms with Crippen LogP contribution in [0.5, 0.6) is 5.88 Å². The normalized spacial score (nSPS) is 12.6. The van der Waals surface area contributed by atoms with Gasteiger partial charge in [0.05, 0.1) is 18.8 Å². The van der Waals surface area contributed by atoms with E-state index in [4.69, 9.17) is 9.47 Å². The van der Waals surface area contributed by atoms with Gasteiger partial charge in [-0.3, -0.25) is 0 Å². The lowest BCUT2D eigenvalue weighted by Gasteiger charge is -2.13. The topological polar surface area (TPSA) is 76.5 Å². The molecule has 0 aliphatic rings. The summed E-state index contributed by atoms with van der Waals surface area (Å²) in [5, 5.41) is 12.5. The van der Waals surface area contributed by atoms with Gasteiger partial charge in [0, 0.05) is 25.4 Å². The van der Waals surface area contributed by atoms with Crippen LogP contribution in [0.25, 0.3) is 0 Å². The van der Waals surface area contributed by atoms with E-state index in [1.165, 1.54) is 0 Å². The zero-order valence-corrected chi connectivity index (χ0v) is 11.3. The summed E-state index contributed by atoms with van der Waals surface area (Å²) in [7, 11) is 1.54. The summed E-state index contributed by atoms with van der Waals surface area (Å²) in [5.74, 6) is 0.974. The third-order valence-corrected chi connectivity index (χ3v) is 2.04. The number of anilines is 1. The first kappa shape index (κ1) is 14.7. The maximum atomic E-state index is 9.52. The minimum Gasteiger partial charge on any atom is -0.475 e. The second-order valence-electron chi connectivity index (χ2n) is 4.33. The van der Waals surface area contributed by atoms with Gasteiger partial charge in [-0.1, -0.05) is 0 Å². The van der Waals surface area contributed by atoms with E-state index in [9.17, 15) is 5.11 Å². The smallest absolute Gasteiger partial charge is 0.226 e. The third kappa shape index (κ3) is 5.29. The number of aryl methyl sites for hydroxylation is 1. The van der Waals surface area contributed by atoms with Crippen LogP contribution in [0.3, 0.4) is 0 Å². The van der Waals surface area contributed by atoms with Gasteiger partial charge in [0.25, 0.3) is 0 Å². The van der Waals surface area contributed by atoms with Gasteiger partial charge < -0.3 is 19.9 Å². The lowest BCUT2D eigenvalue weighted by atomic mass is 10.4. The second kappa shape index (κ2) is 7.13. The van der Waals surface area contributed by atoms with Crippen molar-refractivity contribution in [3.8, 4) is 5.88 Å². The van der Waals surface area contributed by atoms with Crippen LogP contribution in [-0.4, -0.2) is 47.5 Å². The lowest BCUT2D eigenvalue weighted by Crippen LogP contribution is -2.25. The highest BCUT2D eigenvalue weighted by Crippen LogP contribution is 2.13. The van der Waals surface area contributed by atoms with Gasteiger partial charge in [-0.15, -0.1) is 0 Å². The summed E-state index contributed by atoms with van der Waals surface area (Å²) in [6.07, 6.45) is -0.528. The molecule has 0 spiro atoms. The Morgan fingerprint density at radius 3 is 2.72 bits per heavy atom. The van der Waals surface area contributed by atoms with Crippen LogP contribution < -0.4 is 10.1 Å². The first-order valence-corrected chi connectivity index (χ1v) is 5.94. The number of aromatic nitrogens is 2. The second-order valence-corrected chi connectivity index (χ2v) is 4.33. The number of nitrogens with one attached hydrogen (secondary N) is 1. The van der Waals surface area contributed by atoms with Crippen molar-refractivity contribution in [2.45, 2.75) is 33.0 Å². The summed E-state index contributed by atoms with van der Waals surface area (Å²) in [6.45, 7) is 6.35. The van der Waals surface area contributed by atoms with E-state index in [0.717, 1.165) is 5.69 Å². The fourth-order valence-electron chi connectivity index (χ4n) is 1.38.